The van der Waals surface area contributed by atoms with E-state index in [9.17, 15) is 15.0 Å². The van der Waals surface area contributed by atoms with E-state index in [2.05, 4.69) is 0 Å². The Morgan fingerprint density at radius 2 is 2.18 bits per heavy atom. The summed E-state index contributed by atoms with van der Waals surface area (Å²) in [5, 5.41) is 27.7. The second-order valence-electron chi connectivity index (χ2n) is 3.36. The number of hydrogen-bond donors (Lipinski definition) is 3. The van der Waals surface area contributed by atoms with E-state index >= 15 is 0 Å². The van der Waals surface area contributed by atoms with Crippen LogP contribution in [-0.2, 0) is 4.79 Å². The minimum absolute atomic E-state index is 0.243. The molecule has 0 spiro atoms. The smallest absolute Gasteiger partial charge is 0.249 e. The first-order valence-electron chi connectivity index (χ1n) is 4.74. The van der Waals surface area contributed by atoms with Crippen LogP contribution in [0.3, 0.4) is 0 Å². The summed E-state index contributed by atoms with van der Waals surface area (Å²) in [7, 11) is 1.37. The van der Waals surface area contributed by atoms with Crippen LogP contribution < -0.4 is 10.5 Å². The number of nitrogens with zero attached hydrogens (tertiary/aromatic N) is 1. The maximum atomic E-state index is 10.7. The molecule has 2 unspecified atom stereocenters. The maximum Gasteiger partial charge on any atom is 0.249 e. The quantitative estimate of drug-likeness (QED) is 0.648. The fourth-order valence-corrected chi connectivity index (χ4v) is 1.32. The molecule has 0 heterocycles. The van der Waals surface area contributed by atoms with Crippen LogP contribution in [0.1, 0.15) is 17.2 Å². The molecule has 0 aliphatic heterocycles. The Hall–Kier alpha value is -2.10. The van der Waals surface area contributed by atoms with Gasteiger partial charge in [0.1, 0.15) is 17.9 Å². The zero-order valence-electron chi connectivity index (χ0n) is 9.12. The molecule has 2 atom stereocenters. The number of nitrogens with two attached hydrogens (primary N) is 1. The van der Waals surface area contributed by atoms with Crippen molar-refractivity contribution in [2.24, 2.45) is 5.73 Å². The van der Waals surface area contributed by atoms with Crippen LogP contribution >= 0.6 is 0 Å². The first-order valence-corrected chi connectivity index (χ1v) is 4.74. The number of rotatable bonds is 4. The van der Waals surface area contributed by atoms with Gasteiger partial charge in [0, 0.05) is 0 Å². The highest BCUT2D eigenvalue weighted by atomic mass is 16.5. The number of carbonyl (C=O) groups is 1. The topological polar surface area (TPSA) is 117 Å². The molecule has 0 bridgehead atoms. The van der Waals surface area contributed by atoms with Crippen molar-refractivity contribution in [1.82, 2.24) is 0 Å². The van der Waals surface area contributed by atoms with Crippen molar-refractivity contribution in [3.05, 3.63) is 29.3 Å². The van der Waals surface area contributed by atoms with Crippen molar-refractivity contribution >= 4 is 5.91 Å². The molecule has 90 valence electrons. The van der Waals surface area contributed by atoms with Gasteiger partial charge in [-0.05, 0) is 17.7 Å². The Kier molecular flexibility index (Phi) is 4.04. The number of aliphatic hydroxyl groups excluding tert-OH is 2. The average molecular weight is 236 g/mol. The Morgan fingerprint density at radius 3 is 2.65 bits per heavy atom. The average Bonchev–Trinajstić information content (AvgIpc) is 2.35. The third-order valence-electron chi connectivity index (χ3n) is 2.28. The van der Waals surface area contributed by atoms with Gasteiger partial charge in [0.15, 0.2) is 6.10 Å². The zero-order valence-corrected chi connectivity index (χ0v) is 9.12. The second kappa shape index (κ2) is 5.30. The van der Waals surface area contributed by atoms with E-state index in [0.717, 1.165) is 0 Å². The Bertz CT molecular complexity index is 467. The number of amides is 1. The summed E-state index contributed by atoms with van der Waals surface area (Å²) in [5.41, 5.74) is 5.40. The largest absolute Gasteiger partial charge is 0.495 e. The van der Waals surface area contributed by atoms with E-state index in [0.29, 0.717) is 0 Å². The summed E-state index contributed by atoms with van der Waals surface area (Å²) in [6, 6.07) is 6.11. The van der Waals surface area contributed by atoms with Gasteiger partial charge < -0.3 is 20.7 Å². The normalized spacial score (nSPS) is 13.5. The number of carbonyl (C=O) groups excluding carboxylic acids is 1. The minimum Gasteiger partial charge on any atom is -0.495 e. The Balaban J connectivity index is 3.08. The van der Waals surface area contributed by atoms with Crippen LogP contribution in [0.5, 0.6) is 5.75 Å². The van der Waals surface area contributed by atoms with Gasteiger partial charge in [0.25, 0.3) is 0 Å². The van der Waals surface area contributed by atoms with Crippen molar-refractivity contribution in [2.45, 2.75) is 12.2 Å². The summed E-state index contributed by atoms with van der Waals surface area (Å²) in [6.07, 6.45) is -3.15. The lowest BCUT2D eigenvalue weighted by Gasteiger charge is -2.16. The Labute approximate surface area is 97.9 Å². The highest BCUT2D eigenvalue weighted by molar-refractivity contribution is 5.79. The third-order valence-corrected chi connectivity index (χ3v) is 2.28. The van der Waals surface area contributed by atoms with Gasteiger partial charge in [-0.3, -0.25) is 4.79 Å². The summed E-state index contributed by atoms with van der Waals surface area (Å²) in [5.74, 6) is -0.776. The van der Waals surface area contributed by atoms with Crippen LogP contribution in [-0.4, -0.2) is 29.3 Å². The van der Waals surface area contributed by atoms with Crippen molar-refractivity contribution in [3.8, 4) is 11.8 Å². The molecule has 4 N–H and O–H groups in total. The molecule has 0 fully saturated rings. The number of aliphatic hydroxyl groups is 2. The van der Waals surface area contributed by atoms with E-state index < -0.39 is 18.1 Å². The number of primary amides is 1. The predicted octanol–water partition coefficient (Wildman–Crippen LogP) is -0.554. The van der Waals surface area contributed by atoms with E-state index in [1.807, 2.05) is 6.07 Å². The first-order chi connectivity index (χ1) is 8.01. The fraction of sp³-hybridized carbons (Fsp3) is 0.273. The lowest BCUT2D eigenvalue weighted by atomic mass is 10.0. The molecule has 1 amide bonds. The lowest BCUT2D eigenvalue weighted by Crippen LogP contribution is -2.33. The number of methoxy groups -OCH3 is 1. The molecule has 0 saturated carbocycles. The van der Waals surface area contributed by atoms with E-state index in [1.54, 1.807) is 0 Å². The van der Waals surface area contributed by atoms with Gasteiger partial charge in [0.2, 0.25) is 5.91 Å². The lowest BCUT2D eigenvalue weighted by molar-refractivity contribution is -0.131. The number of hydrogen-bond acceptors (Lipinski definition) is 5. The second-order valence-corrected chi connectivity index (χ2v) is 3.36. The first kappa shape index (κ1) is 13.0. The van der Waals surface area contributed by atoms with Crippen molar-refractivity contribution in [1.29, 1.82) is 5.26 Å². The van der Waals surface area contributed by atoms with Crippen molar-refractivity contribution < 1.29 is 19.7 Å². The molecule has 6 heteroatoms. The summed E-state index contributed by atoms with van der Waals surface area (Å²) < 4.78 is 4.94. The van der Waals surface area contributed by atoms with Crippen molar-refractivity contribution in [2.75, 3.05) is 7.11 Å². The SMILES string of the molecule is COc1cc(C(O)C(O)C(N)=O)ccc1C#N. The molecule has 6 nitrogen and oxygen atoms in total. The minimum atomic E-state index is -1.70. The third kappa shape index (κ3) is 2.72. The Morgan fingerprint density at radius 1 is 1.53 bits per heavy atom. The monoisotopic (exact) mass is 236 g/mol. The van der Waals surface area contributed by atoms with Gasteiger partial charge in [0.05, 0.1) is 12.7 Å². The predicted molar refractivity (Wildman–Crippen MR) is 57.9 cm³/mol. The molecular weight excluding hydrogens is 224 g/mol. The molecule has 1 aromatic rings. The fourth-order valence-electron chi connectivity index (χ4n) is 1.32. The van der Waals surface area contributed by atoms with Crippen LogP contribution in [0.4, 0.5) is 0 Å². The maximum absolute atomic E-state index is 10.7. The summed E-state index contributed by atoms with van der Waals surface area (Å²) in [4.78, 5) is 10.7. The number of benzene rings is 1. The van der Waals surface area contributed by atoms with Crippen LogP contribution in [0.2, 0.25) is 0 Å². The van der Waals surface area contributed by atoms with E-state index in [4.69, 9.17) is 15.7 Å². The highest BCUT2D eigenvalue weighted by Crippen LogP contribution is 2.25. The van der Waals surface area contributed by atoms with Crippen LogP contribution in [0.25, 0.3) is 0 Å². The molecule has 1 rings (SSSR count). The van der Waals surface area contributed by atoms with E-state index in [-0.39, 0.29) is 16.9 Å². The molecule has 1 aromatic carbocycles. The van der Waals surface area contributed by atoms with E-state index in [1.165, 1.54) is 25.3 Å². The summed E-state index contributed by atoms with van der Waals surface area (Å²) in [6.45, 7) is 0. The zero-order chi connectivity index (χ0) is 13.0. The number of nitriles is 1. The molecule has 0 aromatic heterocycles. The molecule has 0 aliphatic rings. The van der Waals surface area contributed by atoms with Gasteiger partial charge in [-0.1, -0.05) is 6.07 Å². The van der Waals surface area contributed by atoms with Gasteiger partial charge in [-0.25, -0.2) is 0 Å². The number of ether oxygens (including phenoxy) is 1. The molecule has 0 aliphatic carbocycles. The van der Waals surface area contributed by atoms with Crippen molar-refractivity contribution in [3.63, 3.8) is 0 Å². The van der Waals surface area contributed by atoms with Gasteiger partial charge >= 0.3 is 0 Å². The molecule has 0 saturated heterocycles. The van der Waals surface area contributed by atoms with Gasteiger partial charge in [-0.2, -0.15) is 5.26 Å². The molecular formula is C11H12N2O4. The molecule has 0 radical (unpaired) electrons. The highest BCUT2D eigenvalue weighted by Gasteiger charge is 2.24. The summed E-state index contributed by atoms with van der Waals surface area (Å²) >= 11 is 0. The van der Waals surface area contributed by atoms with Crippen LogP contribution in [0, 0.1) is 11.3 Å². The standard InChI is InChI=1S/C11H12N2O4/c1-17-8-4-6(2-3-7(8)5-12)9(14)10(15)11(13)16/h2-4,9-10,14-15H,1H3,(H2,13,16). The molecule has 17 heavy (non-hydrogen) atoms. The van der Waals surface area contributed by atoms with Crippen LogP contribution in [0.15, 0.2) is 18.2 Å². The van der Waals surface area contributed by atoms with Gasteiger partial charge in [-0.15, -0.1) is 0 Å².